The molecule has 2 aromatic heterocycles. The lowest BCUT2D eigenvalue weighted by atomic mass is 9.96. The Balaban J connectivity index is 1.86. The predicted molar refractivity (Wildman–Crippen MR) is 105 cm³/mol. The van der Waals surface area contributed by atoms with Crippen molar-refractivity contribution in [1.29, 1.82) is 5.26 Å². The fourth-order valence-corrected chi connectivity index (χ4v) is 3.22. The van der Waals surface area contributed by atoms with E-state index < -0.39 is 0 Å². The first-order chi connectivity index (χ1) is 13.2. The molecule has 0 bridgehead atoms. The second-order valence-corrected chi connectivity index (χ2v) is 7.00. The van der Waals surface area contributed by atoms with Crippen LogP contribution in [0.2, 0.25) is 0 Å². The number of nitrogens with zero attached hydrogens (tertiary/aromatic N) is 5. The van der Waals surface area contributed by atoms with Gasteiger partial charge in [0.05, 0.1) is 11.6 Å². The summed E-state index contributed by atoms with van der Waals surface area (Å²) in [6.07, 6.45) is 5.13. The van der Waals surface area contributed by atoms with Gasteiger partial charge in [-0.3, -0.25) is 0 Å². The van der Waals surface area contributed by atoms with Crippen molar-refractivity contribution >= 4 is 5.82 Å². The van der Waals surface area contributed by atoms with Crippen molar-refractivity contribution in [2.45, 2.75) is 32.1 Å². The maximum absolute atomic E-state index is 9.34. The third kappa shape index (κ3) is 3.54. The Morgan fingerprint density at radius 3 is 2.74 bits per heavy atom. The molecule has 1 aliphatic rings. The molecule has 3 aromatic rings. The molecule has 0 aliphatic heterocycles. The molecule has 1 fully saturated rings. The Kier molecular flexibility index (Phi) is 4.59. The van der Waals surface area contributed by atoms with Gasteiger partial charge < -0.3 is 9.88 Å². The van der Waals surface area contributed by atoms with Crippen molar-refractivity contribution in [3.8, 4) is 28.6 Å². The van der Waals surface area contributed by atoms with Crippen molar-refractivity contribution in [1.82, 2.24) is 19.7 Å². The lowest BCUT2D eigenvalue weighted by Crippen LogP contribution is -2.04. The van der Waals surface area contributed by atoms with Crippen LogP contribution in [0.15, 0.2) is 36.7 Å². The molecule has 6 heteroatoms. The first-order valence-corrected chi connectivity index (χ1v) is 9.34. The van der Waals surface area contributed by atoms with E-state index in [1.165, 1.54) is 12.8 Å². The Labute approximate surface area is 158 Å². The molecular formula is C21H22N6. The zero-order valence-electron chi connectivity index (χ0n) is 15.6. The van der Waals surface area contributed by atoms with Gasteiger partial charge in [-0.1, -0.05) is 13.0 Å². The highest BCUT2D eigenvalue weighted by Crippen LogP contribution is 2.42. The van der Waals surface area contributed by atoms with Gasteiger partial charge in [0.2, 0.25) is 0 Å². The normalized spacial score (nSPS) is 13.4. The Bertz CT molecular complexity index is 1010. The molecule has 0 atom stereocenters. The third-order valence-electron chi connectivity index (χ3n) is 4.81. The van der Waals surface area contributed by atoms with Crippen molar-refractivity contribution in [3.63, 3.8) is 0 Å². The lowest BCUT2D eigenvalue weighted by molar-refractivity contribution is 0.920. The van der Waals surface area contributed by atoms with Gasteiger partial charge in [0.15, 0.2) is 5.82 Å². The van der Waals surface area contributed by atoms with Gasteiger partial charge in [0.1, 0.15) is 12.1 Å². The zero-order valence-corrected chi connectivity index (χ0v) is 15.6. The highest BCUT2D eigenvalue weighted by Gasteiger charge is 2.26. The second-order valence-electron chi connectivity index (χ2n) is 7.00. The zero-order chi connectivity index (χ0) is 18.8. The van der Waals surface area contributed by atoms with Gasteiger partial charge in [-0.25, -0.2) is 4.98 Å². The number of aromatic nitrogens is 4. The van der Waals surface area contributed by atoms with Crippen LogP contribution < -0.4 is 5.32 Å². The molecular weight excluding hydrogens is 336 g/mol. The summed E-state index contributed by atoms with van der Waals surface area (Å²) in [5, 5.41) is 21.0. The van der Waals surface area contributed by atoms with E-state index >= 15 is 0 Å². The Hall–Kier alpha value is -3.20. The lowest BCUT2D eigenvalue weighted by Gasteiger charge is -2.13. The van der Waals surface area contributed by atoms with E-state index in [4.69, 9.17) is 4.98 Å². The highest BCUT2D eigenvalue weighted by atomic mass is 15.2. The molecule has 136 valence electrons. The van der Waals surface area contributed by atoms with Gasteiger partial charge in [-0.05, 0) is 54.7 Å². The number of nitriles is 1. The van der Waals surface area contributed by atoms with Crippen LogP contribution in [0.25, 0.3) is 22.5 Å². The van der Waals surface area contributed by atoms with Crippen LogP contribution in [0.4, 0.5) is 5.82 Å². The van der Waals surface area contributed by atoms with Gasteiger partial charge in [0.25, 0.3) is 0 Å². The van der Waals surface area contributed by atoms with Gasteiger partial charge in [-0.2, -0.15) is 5.26 Å². The highest BCUT2D eigenvalue weighted by molar-refractivity contribution is 5.83. The number of rotatable bonds is 6. The maximum atomic E-state index is 9.34. The van der Waals surface area contributed by atoms with Crippen LogP contribution in [0, 0.1) is 11.3 Å². The fourth-order valence-electron chi connectivity index (χ4n) is 3.22. The molecule has 1 aromatic carbocycles. The molecule has 0 radical (unpaired) electrons. The third-order valence-corrected chi connectivity index (χ3v) is 4.81. The van der Waals surface area contributed by atoms with E-state index in [2.05, 4.69) is 40.6 Å². The summed E-state index contributed by atoms with van der Waals surface area (Å²) < 4.78 is 1.87. The van der Waals surface area contributed by atoms with Crippen molar-refractivity contribution in [2.75, 3.05) is 11.9 Å². The minimum absolute atomic E-state index is 0.559. The average Bonchev–Trinajstić information content (AvgIpc) is 3.47. The molecule has 1 saturated carbocycles. The quantitative estimate of drug-likeness (QED) is 0.717. The smallest absolute Gasteiger partial charge is 0.164 e. The summed E-state index contributed by atoms with van der Waals surface area (Å²) in [6, 6.07) is 12.2. The van der Waals surface area contributed by atoms with Crippen molar-refractivity contribution in [2.24, 2.45) is 7.05 Å². The van der Waals surface area contributed by atoms with E-state index in [1.807, 2.05) is 29.8 Å². The fraction of sp³-hybridized carbons (Fsp3) is 0.333. The minimum atomic E-state index is 0.559. The molecule has 0 amide bonds. The molecule has 4 rings (SSSR count). The summed E-state index contributed by atoms with van der Waals surface area (Å²) in [5.41, 5.74) is 4.78. The van der Waals surface area contributed by atoms with Crippen LogP contribution in [-0.4, -0.2) is 26.3 Å². The van der Waals surface area contributed by atoms with E-state index in [1.54, 1.807) is 6.33 Å². The number of anilines is 1. The molecule has 2 heterocycles. The van der Waals surface area contributed by atoms with Gasteiger partial charge in [-0.15, -0.1) is 10.2 Å². The van der Waals surface area contributed by atoms with E-state index in [-0.39, 0.29) is 0 Å². The maximum Gasteiger partial charge on any atom is 0.164 e. The first-order valence-electron chi connectivity index (χ1n) is 9.34. The Morgan fingerprint density at radius 2 is 2.07 bits per heavy atom. The van der Waals surface area contributed by atoms with Crippen molar-refractivity contribution in [3.05, 3.63) is 47.9 Å². The molecule has 0 unspecified atom stereocenters. The van der Waals surface area contributed by atoms with Crippen LogP contribution >= 0.6 is 0 Å². The second kappa shape index (κ2) is 7.20. The summed E-state index contributed by atoms with van der Waals surface area (Å²) in [7, 11) is 1.91. The molecule has 27 heavy (non-hydrogen) atoms. The van der Waals surface area contributed by atoms with Crippen LogP contribution in [0.5, 0.6) is 0 Å². The molecule has 6 nitrogen and oxygen atoms in total. The average molecular weight is 358 g/mol. The Morgan fingerprint density at radius 1 is 1.22 bits per heavy atom. The number of pyridine rings is 1. The molecule has 1 N–H and O–H groups in total. The summed E-state index contributed by atoms with van der Waals surface area (Å²) in [4.78, 5) is 4.81. The van der Waals surface area contributed by atoms with Gasteiger partial charge in [0, 0.05) is 30.8 Å². The monoisotopic (exact) mass is 358 g/mol. The number of aryl methyl sites for hydroxylation is 1. The largest absolute Gasteiger partial charge is 0.370 e. The molecule has 1 aliphatic carbocycles. The summed E-state index contributed by atoms with van der Waals surface area (Å²) >= 11 is 0. The van der Waals surface area contributed by atoms with E-state index in [0.29, 0.717) is 11.5 Å². The summed E-state index contributed by atoms with van der Waals surface area (Å²) in [6.45, 7) is 3.04. The van der Waals surface area contributed by atoms with Crippen molar-refractivity contribution < 1.29 is 0 Å². The van der Waals surface area contributed by atoms with E-state index in [9.17, 15) is 5.26 Å². The van der Waals surface area contributed by atoms with Crippen LogP contribution in [-0.2, 0) is 7.05 Å². The standard InChI is InChI=1S/C21H22N6/c1-3-8-23-20-11-16(10-19(25-20)15-5-6-15)17-7-4-14(12-22)9-18(17)21-26-24-13-27(21)2/h4,7,9-11,13,15H,3,5-6,8H2,1-2H3,(H,23,25). The molecule has 0 spiro atoms. The number of hydrogen-bond acceptors (Lipinski definition) is 5. The number of hydrogen-bond donors (Lipinski definition) is 1. The molecule has 0 saturated heterocycles. The number of nitrogens with one attached hydrogen (secondary N) is 1. The van der Waals surface area contributed by atoms with Gasteiger partial charge >= 0.3 is 0 Å². The predicted octanol–water partition coefficient (Wildman–Crippen LogP) is 4.12. The van der Waals surface area contributed by atoms with E-state index in [0.717, 1.165) is 47.0 Å². The van der Waals surface area contributed by atoms with Crippen LogP contribution in [0.3, 0.4) is 0 Å². The summed E-state index contributed by atoms with van der Waals surface area (Å²) in [5.74, 6) is 2.21. The van der Waals surface area contributed by atoms with Crippen LogP contribution in [0.1, 0.15) is 43.4 Å². The SMILES string of the molecule is CCCNc1cc(-c2ccc(C#N)cc2-c2nncn2C)cc(C2CC2)n1. The first kappa shape index (κ1) is 17.2. The number of benzene rings is 1. The minimum Gasteiger partial charge on any atom is -0.370 e. The topological polar surface area (TPSA) is 79.4 Å².